The summed E-state index contributed by atoms with van der Waals surface area (Å²) in [6, 6.07) is 8.18. The maximum Gasteiger partial charge on any atom is 0.295 e. The minimum absolute atomic E-state index is 0.183. The second-order valence-corrected chi connectivity index (χ2v) is 6.61. The Bertz CT molecular complexity index is 870. The number of benzene rings is 2. The van der Waals surface area contributed by atoms with Crippen molar-refractivity contribution in [3.05, 3.63) is 67.9 Å². The Morgan fingerprint density at radius 2 is 1.73 bits per heavy atom. The lowest BCUT2D eigenvalue weighted by Crippen LogP contribution is -2.49. The van der Waals surface area contributed by atoms with E-state index in [9.17, 15) is 19.3 Å². The molecule has 2 aromatic carbocycles. The van der Waals surface area contributed by atoms with Gasteiger partial charge in [-0.3, -0.25) is 14.9 Å². The molecule has 0 radical (unpaired) electrons. The van der Waals surface area contributed by atoms with Crippen molar-refractivity contribution in [3.8, 4) is 0 Å². The number of halogens is 3. The summed E-state index contributed by atoms with van der Waals surface area (Å²) in [5, 5.41) is 11.8. The number of hydrogen-bond donors (Lipinski definition) is 0. The molecule has 0 aromatic heterocycles. The van der Waals surface area contributed by atoms with Gasteiger partial charge in [0, 0.05) is 31.7 Å². The maximum atomic E-state index is 13.3. The van der Waals surface area contributed by atoms with Crippen molar-refractivity contribution in [1.82, 2.24) is 4.90 Å². The molecule has 1 heterocycles. The van der Waals surface area contributed by atoms with E-state index in [1.807, 2.05) is 0 Å². The number of amides is 1. The predicted octanol–water partition coefficient (Wildman–Crippen LogP) is 4.00. The fourth-order valence-corrected chi connectivity index (χ4v) is 3.17. The monoisotopic (exact) mass is 397 g/mol. The predicted molar refractivity (Wildman–Crippen MR) is 97.6 cm³/mol. The maximum absolute atomic E-state index is 13.3. The highest BCUT2D eigenvalue weighted by molar-refractivity contribution is 6.42. The van der Waals surface area contributed by atoms with E-state index in [1.54, 1.807) is 21.9 Å². The van der Waals surface area contributed by atoms with Crippen molar-refractivity contribution < 1.29 is 14.1 Å². The molecule has 1 aliphatic rings. The SMILES string of the molecule is O=C(c1ccc(Cl)c(Cl)c1)N1CCN(c2ccc(F)cc2[N+](=O)[O-])CC1. The number of nitro groups is 1. The summed E-state index contributed by atoms with van der Waals surface area (Å²) >= 11 is 11.8. The Morgan fingerprint density at radius 1 is 1.04 bits per heavy atom. The van der Waals surface area contributed by atoms with E-state index in [0.29, 0.717) is 47.5 Å². The molecule has 1 aliphatic heterocycles. The van der Waals surface area contributed by atoms with Crippen molar-refractivity contribution >= 4 is 40.5 Å². The number of nitrogens with zero attached hydrogens (tertiary/aromatic N) is 3. The normalized spacial score (nSPS) is 14.4. The van der Waals surface area contributed by atoms with Crippen LogP contribution < -0.4 is 4.90 Å². The summed E-state index contributed by atoms with van der Waals surface area (Å²) in [5.41, 5.74) is 0.493. The molecule has 0 aliphatic carbocycles. The molecule has 1 fully saturated rings. The quantitative estimate of drug-likeness (QED) is 0.579. The minimum Gasteiger partial charge on any atom is -0.362 e. The van der Waals surface area contributed by atoms with Crippen LogP contribution in [0.15, 0.2) is 36.4 Å². The minimum atomic E-state index is -0.658. The van der Waals surface area contributed by atoms with Gasteiger partial charge in [-0.1, -0.05) is 23.2 Å². The summed E-state index contributed by atoms with van der Waals surface area (Å²) in [7, 11) is 0. The molecule has 0 unspecified atom stereocenters. The zero-order valence-electron chi connectivity index (χ0n) is 13.5. The van der Waals surface area contributed by atoms with Crippen molar-refractivity contribution in [3.63, 3.8) is 0 Å². The van der Waals surface area contributed by atoms with Crippen LogP contribution in [0.2, 0.25) is 10.0 Å². The molecule has 9 heteroatoms. The zero-order chi connectivity index (χ0) is 18.8. The van der Waals surface area contributed by atoms with Gasteiger partial charge in [0.2, 0.25) is 0 Å². The number of anilines is 1. The number of carbonyl (C=O) groups is 1. The summed E-state index contributed by atoms with van der Waals surface area (Å²) in [4.78, 5) is 26.5. The van der Waals surface area contributed by atoms with E-state index in [4.69, 9.17) is 23.2 Å². The Hall–Kier alpha value is -2.38. The molecule has 6 nitrogen and oxygen atoms in total. The molecule has 1 amide bonds. The molecule has 0 atom stereocenters. The Labute approximate surface area is 158 Å². The largest absolute Gasteiger partial charge is 0.362 e. The third kappa shape index (κ3) is 3.73. The molecule has 0 saturated carbocycles. The van der Waals surface area contributed by atoms with Crippen molar-refractivity contribution in [2.75, 3.05) is 31.1 Å². The van der Waals surface area contributed by atoms with Crippen LogP contribution in [0, 0.1) is 15.9 Å². The van der Waals surface area contributed by atoms with Crippen LogP contribution in [0.25, 0.3) is 0 Å². The first-order chi connectivity index (χ1) is 12.4. The van der Waals surface area contributed by atoms with Gasteiger partial charge in [-0.2, -0.15) is 0 Å². The summed E-state index contributed by atoms with van der Waals surface area (Å²) in [6.07, 6.45) is 0. The van der Waals surface area contributed by atoms with E-state index in [1.165, 1.54) is 18.2 Å². The lowest BCUT2D eigenvalue weighted by molar-refractivity contribution is -0.384. The van der Waals surface area contributed by atoms with Gasteiger partial charge in [0.25, 0.3) is 11.6 Å². The molecule has 0 spiro atoms. The van der Waals surface area contributed by atoms with Crippen LogP contribution in [0.3, 0.4) is 0 Å². The van der Waals surface area contributed by atoms with Crippen LogP contribution in [0.1, 0.15) is 10.4 Å². The van der Waals surface area contributed by atoms with E-state index in [-0.39, 0.29) is 11.6 Å². The Kier molecular flexibility index (Phi) is 5.29. The van der Waals surface area contributed by atoms with Gasteiger partial charge in [-0.05, 0) is 30.3 Å². The van der Waals surface area contributed by atoms with Crippen molar-refractivity contribution in [1.29, 1.82) is 0 Å². The summed E-state index contributed by atoms with van der Waals surface area (Å²) < 4.78 is 13.3. The smallest absolute Gasteiger partial charge is 0.295 e. The lowest BCUT2D eigenvalue weighted by Gasteiger charge is -2.35. The number of carbonyl (C=O) groups excluding carboxylic acids is 1. The third-order valence-electron chi connectivity index (χ3n) is 4.21. The molecule has 0 N–H and O–H groups in total. The van der Waals surface area contributed by atoms with Gasteiger partial charge in [0.1, 0.15) is 11.5 Å². The topological polar surface area (TPSA) is 66.7 Å². The highest BCUT2D eigenvalue weighted by Gasteiger charge is 2.26. The highest BCUT2D eigenvalue weighted by atomic mass is 35.5. The average molecular weight is 398 g/mol. The van der Waals surface area contributed by atoms with Crippen LogP contribution >= 0.6 is 23.2 Å². The van der Waals surface area contributed by atoms with Gasteiger partial charge in [0.15, 0.2) is 0 Å². The van der Waals surface area contributed by atoms with Crippen LogP contribution in [0.5, 0.6) is 0 Å². The van der Waals surface area contributed by atoms with Gasteiger partial charge < -0.3 is 9.80 Å². The molecule has 3 rings (SSSR count). The van der Waals surface area contributed by atoms with Crippen molar-refractivity contribution in [2.45, 2.75) is 0 Å². The van der Waals surface area contributed by atoms with Gasteiger partial charge in [0.05, 0.1) is 21.0 Å². The van der Waals surface area contributed by atoms with Gasteiger partial charge in [-0.15, -0.1) is 0 Å². The van der Waals surface area contributed by atoms with Gasteiger partial charge >= 0.3 is 0 Å². The molecular formula is C17H14Cl2FN3O3. The standard InChI is InChI=1S/C17H14Cl2FN3O3/c18-13-3-1-11(9-14(13)19)17(24)22-7-5-21(6-8-22)15-4-2-12(20)10-16(15)23(25)26/h1-4,9-10H,5-8H2. The van der Waals surface area contributed by atoms with E-state index in [0.717, 1.165) is 6.07 Å². The zero-order valence-corrected chi connectivity index (χ0v) is 15.0. The molecule has 1 saturated heterocycles. The first-order valence-corrected chi connectivity index (χ1v) is 8.55. The van der Waals surface area contributed by atoms with Crippen LogP contribution in [-0.4, -0.2) is 41.9 Å². The number of hydrogen-bond acceptors (Lipinski definition) is 4. The summed E-state index contributed by atoms with van der Waals surface area (Å²) in [6.45, 7) is 1.57. The third-order valence-corrected chi connectivity index (χ3v) is 4.95. The second-order valence-electron chi connectivity index (χ2n) is 5.80. The molecule has 26 heavy (non-hydrogen) atoms. The number of piperazine rings is 1. The van der Waals surface area contributed by atoms with Crippen LogP contribution in [-0.2, 0) is 0 Å². The summed E-state index contributed by atoms with van der Waals surface area (Å²) in [5.74, 6) is -0.842. The first-order valence-electron chi connectivity index (χ1n) is 7.80. The Balaban J connectivity index is 1.72. The average Bonchev–Trinajstić information content (AvgIpc) is 2.63. The van der Waals surface area contributed by atoms with E-state index < -0.39 is 10.7 Å². The van der Waals surface area contributed by atoms with E-state index >= 15 is 0 Å². The Morgan fingerprint density at radius 3 is 2.35 bits per heavy atom. The molecule has 0 bridgehead atoms. The molecule has 136 valence electrons. The first kappa shape index (κ1) is 18.4. The molecule has 2 aromatic rings. The molecular weight excluding hydrogens is 384 g/mol. The fraction of sp³-hybridized carbons (Fsp3) is 0.235. The number of rotatable bonds is 3. The van der Waals surface area contributed by atoms with Crippen LogP contribution in [0.4, 0.5) is 15.8 Å². The second kappa shape index (κ2) is 7.47. The highest BCUT2D eigenvalue weighted by Crippen LogP contribution is 2.30. The van der Waals surface area contributed by atoms with Crippen molar-refractivity contribution in [2.24, 2.45) is 0 Å². The number of nitro benzene ring substituents is 1. The van der Waals surface area contributed by atoms with E-state index in [2.05, 4.69) is 0 Å². The fourth-order valence-electron chi connectivity index (χ4n) is 2.87. The lowest BCUT2D eigenvalue weighted by atomic mass is 10.1. The van der Waals surface area contributed by atoms with Gasteiger partial charge in [-0.25, -0.2) is 4.39 Å².